The van der Waals surface area contributed by atoms with Crippen LogP contribution in [0, 0.1) is 0 Å². The van der Waals surface area contributed by atoms with Gasteiger partial charge in [-0.3, -0.25) is 9.59 Å². The van der Waals surface area contributed by atoms with Crippen LogP contribution in [0.15, 0.2) is 59.6 Å². The van der Waals surface area contributed by atoms with E-state index in [4.69, 9.17) is 24.3 Å². The molecule has 0 radical (unpaired) electrons. The summed E-state index contributed by atoms with van der Waals surface area (Å²) in [5.74, 6) is 0.554. The molecule has 4 rings (SSSR count). The SMILES string of the molecule is CC(C)(C)OC(=O)CC[C@]1(C(=O)N2CCCCC2)N=C(c2ccc(OCCCO)cc2)O[C@H]1c1ccccc1. The molecule has 8 nitrogen and oxygen atoms in total. The molecule has 1 fully saturated rings. The number of ether oxygens (including phenoxy) is 3. The number of amides is 1. The predicted octanol–water partition coefficient (Wildman–Crippen LogP) is 4.84. The number of piperidine rings is 1. The number of likely N-dealkylation sites (tertiary alicyclic amines) is 1. The monoisotopic (exact) mass is 536 g/mol. The van der Waals surface area contributed by atoms with Crippen molar-refractivity contribution in [3.63, 3.8) is 0 Å². The Morgan fingerprint density at radius 2 is 1.74 bits per heavy atom. The molecular formula is C31H40N2O6. The van der Waals surface area contributed by atoms with Crippen LogP contribution in [0.25, 0.3) is 0 Å². The number of carbonyl (C=O) groups is 2. The first-order valence-electron chi connectivity index (χ1n) is 13.9. The zero-order valence-electron chi connectivity index (χ0n) is 23.2. The van der Waals surface area contributed by atoms with Crippen molar-refractivity contribution in [1.29, 1.82) is 0 Å². The summed E-state index contributed by atoms with van der Waals surface area (Å²) >= 11 is 0. The highest BCUT2D eigenvalue weighted by atomic mass is 16.6. The third-order valence-corrected chi connectivity index (χ3v) is 6.88. The van der Waals surface area contributed by atoms with Gasteiger partial charge in [-0.05, 0) is 76.3 Å². The van der Waals surface area contributed by atoms with E-state index in [2.05, 4.69) is 0 Å². The van der Waals surface area contributed by atoms with Gasteiger partial charge in [-0.25, -0.2) is 4.99 Å². The van der Waals surface area contributed by atoms with Gasteiger partial charge in [-0.15, -0.1) is 0 Å². The Balaban J connectivity index is 1.71. The lowest BCUT2D eigenvalue weighted by molar-refractivity contribution is -0.155. The molecule has 0 aliphatic carbocycles. The van der Waals surface area contributed by atoms with Crippen molar-refractivity contribution in [2.24, 2.45) is 4.99 Å². The molecular weight excluding hydrogens is 496 g/mol. The lowest BCUT2D eigenvalue weighted by atomic mass is 9.82. The van der Waals surface area contributed by atoms with Gasteiger partial charge < -0.3 is 24.2 Å². The van der Waals surface area contributed by atoms with E-state index < -0.39 is 17.2 Å². The summed E-state index contributed by atoms with van der Waals surface area (Å²) in [7, 11) is 0. The van der Waals surface area contributed by atoms with Crippen LogP contribution in [-0.2, 0) is 19.1 Å². The fourth-order valence-electron chi connectivity index (χ4n) is 5.04. The van der Waals surface area contributed by atoms with E-state index in [0.29, 0.717) is 37.8 Å². The van der Waals surface area contributed by atoms with E-state index in [-0.39, 0.29) is 31.3 Å². The van der Waals surface area contributed by atoms with Gasteiger partial charge >= 0.3 is 5.97 Å². The second-order valence-electron chi connectivity index (χ2n) is 11.1. The molecule has 2 heterocycles. The predicted molar refractivity (Wildman–Crippen MR) is 149 cm³/mol. The number of esters is 1. The van der Waals surface area contributed by atoms with Gasteiger partial charge in [-0.2, -0.15) is 0 Å². The maximum absolute atomic E-state index is 14.3. The quantitative estimate of drug-likeness (QED) is 0.345. The summed E-state index contributed by atoms with van der Waals surface area (Å²) < 4.78 is 17.8. The van der Waals surface area contributed by atoms with Gasteiger partial charge in [0.25, 0.3) is 5.91 Å². The van der Waals surface area contributed by atoms with Crippen LogP contribution in [0.5, 0.6) is 5.75 Å². The molecule has 2 aromatic rings. The zero-order chi connectivity index (χ0) is 27.9. The topological polar surface area (TPSA) is 97.7 Å². The highest BCUT2D eigenvalue weighted by molar-refractivity contribution is 6.01. The molecule has 1 N–H and O–H groups in total. The van der Waals surface area contributed by atoms with E-state index in [1.807, 2.05) is 80.3 Å². The first-order valence-corrected chi connectivity index (χ1v) is 13.9. The van der Waals surface area contributed by atoms with Crippen LogP contribution in [0.3, 0.4) is 0 Å². The molecule has 0 spiro atoms. The van der Waals surface area contributed by atoms with Crippen molar-refractivity contribution >= 4 is 17.8 Å². The molecule has 0 unspecified atom stereocenters. The molecule has 0 bridgehead atoms. The molecule has 2 atom stereocenters. The van der Waals surface area contributed by atoms with Gasteiger partial charge in [-0.1, -0.05) is 30.3 Å². The minimum Gasteiger partial charge on any atom is -0.494 e. The van der Waals surface area contributed by atoms with E-state index in [1.54, 1.807) is 0 Å². The number of benzene rings is 2. The molecule has 0 aromatic heterocycles. The highest BCUT2D eigenvalue weighted by Crippen LogP contribution is 2.44. The molecule has 39 heavy (non-hydrogen) atoms. The standard InChI is InChI=1S/C31H40N2O6/c1-30(2,3)39-26(35)17-18-31(29(36)33-19-8-5-9-20-33)27(23-11-6-4-7-12-23)38-28(32-31)24-13-15-25(16-14-24)37-22-10-21-34/h4,6-7,11-16,27,34H,5,8-10,17-22H2,1-3H3/t27-,31-/m0/s1. The van der Waals surface area contributed by atoms with Gasteiger partial charge in [0.2, 0.25) is 5.90 Å². The fourth-order valence-corrected chi connectivity index (χ4v) is 5.04. The molecule has 1 amide bonds. The minimum absolute atomic E-state index is 0.0396. The second-order valence-corrected chi connectivity index (χ2v) is 11.1. The zero-order valence-corrected chi connectivity index (χ0v) is 23.2. The number of aliphatic hydroxyl groups is 1. The Labute approximate surface area is 231 Å². The lowest BCUT2D eigenvalue weighted by Gasteiger charge is -2.37. The van der Waals surface area contributed by atoms with Gasteiger partial charge in [0.15, 0.2) is 11.6 Å². The number of aliphatic imine (C=N–C) groups is 1. The van der Waals surface area contributed by atoms with Crippen LogP contribution >= 0.6 is 0 Å². The number of carbonyl (C=O) groups excluding carboxylic acids is 2. The molecule has 210 valence electrons. The largest absolute Gasteiger partial charge is 0.494 e. The Kier molecular flexibility index (Phi) is 9.28. The van der Waals surface area contributed by atoms with Crippen molar-refractivity contribution in [1.82, 2.24) is 4.90 Å². The molecule has 2 aliphatic rings. The van der Waals surface area contributed by atoms with E-state index >= 15 is 0 Å². The Morgan fingerprint density at radius 3 is 2.38 bits per heavy atom. The second kappa shape index (κ2) is 12.6. The normalized spacial score (nSPS) is 21.2. The van der Waals surface area contributed by atoms with Crippen molar-refractivity contribution in [3.8, 4) is 5.75 Å². The van der Waals surface area contributed by atoms with Crippen LogP contribution in [0.1, 0.15) is 76.5 Å². The molecule has 8 heteroatoms. The van der Waals surface area contributed by atoms with Crippen molar-refractivity contribution in [2.75, 3.05) is 26.3 Å². The van der Waals surface area contributed by atoms with Crippen molar-refractivity contribution in [3.05, 3.63) is 65.7 Å². The van der Waals surface area contributed by atoms with Gasteiger partial charge in [0.1, 0.15) is 11.4 Å². The third kappa shape index (κ3) is 7.18. The van der Waals surface area contributed by atoms with Crippen LogP contribution in [-0.4, -0.2) is 65.2 Å². The highest BCUT2D eigenvalue weighted by Gasteiger charge is 2.54. The Bertz CT molecular complexity index is 1140. The van der Waals surface area contributed by atoms with E-state index in [0.717, 1.165) is 30.4 Å². The van der Waals surface area contributed by atoms with E-state index in [1.165, 1.54) is 0 Å². The smallest absolute Gasteiger partial charge is 0.306 e. The summed E-state index contributed by atoms with van der Waals surface area (Å²) in [6.45, 7) is 7.31. The number of nitrogens with zero attached hydrogens (tertiary/aromatic N) is 2. The summed E-state index contributed by atoms with van der Waals surface area (Å²) in [6, 6.07) is 17.0. The van der Waals surface area contributed by atoms with Crippen LogP contribution in [0.2, 0.25) is 0 Å². The maximum Gasteiger partial charge on any atom is 0.306 e. The number of rotatable bonds is 10. The third-order valence-electron chi connectivity index (χ3n) is 6.88. The number of hydrogen-bond donors (Lipinski definition) is 1. The molecule has 2 aliphatic heterocycles. The Hall–Kier alpha value is -3.39. The van der Waals surface area contributed by atoms with Gasteiger partial charge in [0.05, 0.1) is 6.61 Å². The summed E-state index contributed by atoms with van der Waals surface area (Å²) in [6.07, 6.45) is 3.05. The average Bonchev–Trinajstić information content (AvgIpc) is 3.33. The van der Waals surface area contributed by atoms with Crippen molar-refractivity contribution < 1.29 is 28.9 Å². The lowest BCUT2D eigenvalue weighted by Crippen LogP contribution is -2.52. The summed E-state index contributed by atoms with van der Waals surface area (Å²) in [5, 5.41) is 9.00. The van der Waals surface area contributed by atoms with E-state index in [9.17, 15) is 9.59 Å². The summed E-state index contributed by atoms with van der Waals surface area (Å²) in [4.78, 5) is 34.1. The number of aliphatic hydroxyl groups excluding tert-OH is 1. The van der Waals surface area contributed by atoms with Crippen molar-refractivity contribution in [2.45, 2.75) is 76.5 Å². The minimum atomic E-state index is -1.30. The molecule has 1 saturated heterocycles. The molecule has 2 aromatic carbocycles. The maximum atomic E-state index is 14.3. The Morgan fingerprint density at radius 1 is 1.05 bits per heavy atom. The van der Waals surface area contributed by atoms with Crippen LogP contribution in [0.4, 0.5) is 0 Å². The first-order chi connectivity index (χ1) is 18.7. The fraction of sp³-hybridized carbons (Fsp3) is 0.516. The molecule has 0 saturated carbocycles. The van der Waals surface area contributed by atoms with Crippen LogP contribution < -0.4 is 4.74 Å². The number of hydrogen-bond acceptors (Lipinski definition) is 7. The van der Waals surface area contributed by atoms with Gasteiger partial charge in [0, 0.05) is 38.1 Å². The average molecular weight is 537 g/mol. The first kappa shape index (κ1) is 28.6. The summed E-state index contributed by atoms with van der Waals surface area (Å²) in [5.41, 5.74) is -0.381.